The highest BCUT2D eigenvalue weighted by Crippen LogP contribution is 2.32. The molecule has 0 saturated heterocycles. The summed E-state index contributed by atoms with van der Waals surface area (Å²) in [6, 6.07) is 12.5. The smallest absolute Gasteiger partial charge is 0.339 e. The number of phenols is 1. The average molecular weight is 769 g/mol. The third kappa shape index (κ3) is 9.89. The quantitative estimate of drug-likeness (QED) is 0.0576. The lowest BCUT2D eigenvalue weighted by Gasteiger charge is -2.15. The van der Waals surface area contributed by atoms with Crippen LogP contribution in [0.25, 0.3) is 0 Å². The van der Waals surface area contributed by atoms with Gasteiger partial charge in [0.2, 0.25) is 6.04 Å². The maximum atomic E-state index is 13.0. The summed E-state index contributed by atoms with van der Waals surface area (Å²) < 4.78 is 72.2. The van der Waals surface area contributed by atoms with Crippen molar-refractivity contribution < 1.29 is 60.1 Å². The van der Waals surface area contributed by atoms with Gasteiger partial charge in [0.1, 0.15) is 32.5 Å². The van der Waals surface area contributed by atoms with Crippen LogP contribution in [0.4, 0.5) is 28.4 Å². The zero-order chi connectivity index (χ0) is 39.2. The maximum absolute atomic E-state index is 13.0. The van der Waals surface area contributed by atoms with Gasteiger partial charge in [-0.3, -0.25) is 23.5 Å². The van der Waals surface area contributed by atoms with Crippen LogP contribution in [0.15, 0.2) is 103 Å². The van der Waals surface area contributed by atoms with Gasteiger partial charge >= 0.3 is 5.97 Å². The molecule has 0 aromatic heterocycles. The van der Waals surface area contributed by atoms with Gasteiger partial charge in [-0.2, -0.15) is 37.3 Å². The van der Waals surface area contributed by atoms with Crippen LogP contribution >= 0.6 is 0 Å². The van der Waals surface area contributed by atoms with Crippen LogP contribution in [-0.4, -0.2) is 72.9 Å². The molecule has 0 radical (unpaired) electrons. The topological polar surface area (TPSA) is 300 Å². The van der Waals surface area contributed by atoms with E-state index in [1.165, 1.54) is 43.3 Å². The number of carboxylic acids is 1. The van der Waals surface area contributed by atoms with Gasteiger partial charge in [0, 0.05) is 17.3 Å². The molecule has 4 aromatic carbocycles. The van der Waals surface area contributed by atoms with Crippen LogP contribution in [-0.2, 0) is 29.8 Å². The van der Waals surface area contributed by atoms with Crippen LogP contribution in [0.2, 0.25) is 0 Å². The van der Waals surface area contributed by atoms with Gasteiger partial charge in [0.15, 0.2) is 5.78 Å². The predicted octanol–water partition coefficient (Wildman–Crippen LogP) is 5.25. The van der Waals surface area contributed by atoms with E-state index in [9.17, 15) is 50.2 Å². The first-order chi connectivity index (χ1) is 24.8. The number of methoxy groups -OCH3 is 1. The van der Waals surface area contributed by atoms with E-state index in [-0.39, 0.29) is 45.2 Å². The summed E-state index contributed by atoms with van der Waals surface area (Å²) in [5.74, 6) is -4.61. The lowest BCUT2D eigenvalue weighted by Crippen LogP contribution is -2.32. The molecular formula is C32H28N6O13S2. The Balaban J connectivity index is 1.52. The molecule has 4 rings (SSSR count). The zero-order valence-electron chi connectivity index (χ0n) is 27.6. The number of hydrogen-bond donors (Lipinski definition) is 6. The maximum Gasteiger partial charge on any atom is 0.339 e. The van der Waals surface area contributed by atoms with Crippen molar-refractivity contribution in [2.24, 2.45) is 20.5 Å². The molecule has 0 aliphatic heterocycles. The molecule has 19 nitrogen and oxygen atoms in total. The minimum absolute atomic E-state index is 0.0269. The van der Waals surface area contributed by atoms with Gasteiger partial charge in [0.05, 0.1) is 24.2 Å². The molecule has 0 fully saturated rings. The van der Waals surface area contributed by atoms with E-state index in [1.807, 2.05) is 0 Å². The number of azo groups is 2. The van der Waals surface area contributed by atoms with E-state index in [0.29, 0.717) is 0 Å². The normalized spacial score (nSPS) is 12.4. The summed E-state index contributed by atoms with van der Waals surface area (Å²) in [5, 5.41) is 38.8. The third-order valence-electron chi connectivity index (χ3n) is 7.06. The molecule has 0 saturated carbocycles. The summed E-state index contributed by atoms with van der Waals surface area (Å²) in [4.78, 5) is 48.2. The lowest BCUT2D eigenvalue weighted by atomic mass is 10.1. The van der Waals surface area contributed by atoms with Crippen LogP contribution in [0.3, 0.4) is 0 Å². The van der Waals surface area contributed by atoms with Crippen LogP contribution < -0.4 is 15.4 Å². The highest BCUT2D eigenvalue weighted by molar-refractivity contribution is 7.86. The van der Waals surface area contributed by atoms with Gasteiger partial charge in [-0.1, -0.05) is 0 Å². The number of aromatic hydroxyl groups is 1. The molecular weight excluding hydrogens is 741 g/mol. The van der Waals surface area contributed by atoms with E-state index in [1.54, 1.807) is 0 Å². The fraction of sp³-hybridized carbons (Fsp3) is 0.125. The molecule has 1 atom stereocenters. The second kappa shape index (κ2) is 15.9. The van der Waals surface area contributed by atoms with E-state index >= 15 is 0 Å². The number of hydrogen-bond acceptors (Lipinski definition) is 14. The first-order valence-corrected chi connectivity index (χ1v) is 17.6. The Morgan fingerprint density at radius 2 is 1.40 bits per heavy atom. The van der Waals surface area contributed by atoms with Crippen LogP contribution in [0, 0.1) is 6.92 Å². The molecule has 0 spiro atoms. The summed E-state index contributed by atoms with van der Waals surface area (Å²) in [6.07, 6.45) is 0. The van der Waals surface area contributed by atoms with Crippen molar-refractivity contribution in [2.75, 3.05) is 17.7 Å². The molecule has 276 valence electrons. The largest absolute Gasteiger partial charge is 0.507 e. The van der Waals surface area contributed by atoms with Crippen molar-refractivity contribution in [3.05, 3.63) is 89.5 Å². The molecule has 2 amide bonds. The Morgan fingerprint density at radius 3 is 1.98 bits per heavy atom. The van der Waals surface area contributed by atoms with Gasteiger partial charge in [-0.05, 0) is 86.1 Å². The lowest BCUT2D eigenvalue weighted by molar-refractivity contribution is -0.126. The number of nitrogens with one attached hydrogen (secondary N) is 2. The molecule has 0 aliphatic carbocycles. The van der Waals surface area contributed by atoms with E-state index in [4.69, 9.17) is 9.84 Å². The number of rotatable bonds is 13. The van der Waals surface area contributed by atoms with E-state index in [2.05, 4.69) is 31.1 Å². The van der Waals surface area contributed by atoms with Crippen molar-refractivity contribution in [1.82, 2.24) is 0 Å². The standard InChI is InChI=1S/C32H28N6O13S2/c1-16-12-24(26(51-3)15-27(16)52(45,46)47)34-31(42)29(17(2)39)38-37-23-10-8-20(14-28(23)53(48,49)50)33-30(41)18-4-6-19(7-5-18)35-36-21-9-11-25(40)22(13-21)32(43)44/h4-15,29,40H,1-3H3,(H,33,41)(H,34,42)(H,43,44)(H,45,46,47)(H,48,49,50)/b36-35+,38-37+. The first kappa shape index (κ1) is 39.4. The monoisotopic (exact) mass is 768 g/mol. The molecule has 0 aliphatic rings. The Kier molecular flexibility index (Phi) is 11.8. The first-order valence-electron chi connectivity index (χ1n) is 14.7. The van der Waals surface area contributed by atoms with Gasteiger partial charge < -0.3 is 25.6 Å². The SMILES string of the molecule is COc1cc(S(=O)(=O)O)c(C)cc1NC(=O)C(/N=N/c1ccc(NC(=O)c2ccc(/N=N/c3ccc(O)c(C(=O)O)c3)cc2)cc1S(=O)(=O)O)C(C)=O. The van der Waals surface area contributed by atoms with Gasteiger partial charge in [-0.25, -0.2) is 4.79 Å². The van der Waals surface area contributed by atoms with Crippen LogP contribution in [0.5, 0.6) is 11.5 Å². The molecule has 0 heterocycles. The number of ketones is 1. The number of aromatic carboxylic acids is 1. The fourth-order valence-electron chi connectivity index (χ4n) is 4.49. The van der Waals surface area contributed by atoms with Crippen LogP contribution in [0.1, 0.15) is 33.2 Å². The Bertz CT molecular complexity index is 2410. The second-order valence-electron chi connectivity index (χ2n) is 10.9. The zero-order valence-corrected chi connectivity index (χ0v) is 29.2. The summed E-state index contributed by atoms with van der Waals surface area (Å²) in [7, 11) is -8.49. The molecule has 21 heteroatoms. The van der Waals surface area contributed by atoms with Crippen molar-refractivity contribution in [3.8, 4) is 11.5 Å². The van der Waals surface area contributed by atoms with E-state index in [0.717, 1.165) is 50.4 Å². The van der Waals surface area contributed by atoms with Crippen molar-refractivity contribution in [2.45, 2.75) is 29.7 Å². The van der Waals surface area contributed by atoms with Gasteiger partial charge in [-0.15, -0.1) is 0 Å². The van der Waals surface area contributed by atoms with Crippen molar-refractivity contribution >= 4 is 72.2 Å². The summed E-state index contributed by atoms with van der Waals surface area (Å²) in [6.45, 7) is 2.33. The number of carbonyl (C=O) groups is 4. The highest BCUT2D eigenvalue weighted by atomic mass is 32.2. The number of ether oxygens (including phenoxy) is 1. The third-order valence-corrected chi connectivity index (χ3v) is 8.94. The number of Topliss-reactive ketones (excluding diaryl/α,β-unsaturated/α-hetero) is 1. The molecule has 4 aromatic rings. The summed E-state index contributed by atoms with van der Waals surface area (Å²) >= 11 is 0. The second-order valence-corrected chi connectivity index (χ2v) is 13.7. The fourth-order valence-corrected chi connectivity index (χ4v) is 5.86. The predicted molar refractivity (Wildman–Crippen MR) is 185 cm³/mol. The Morgan fingerprint density at radius 1 is 0.774 bits per heavy atom. The van der Waals surface area contributed by atoms with Gasteiger partial charge in [0.25, 0.3) is 32.1 Å². The average Bonchev–Trinajstić information content (AvgIpc) is 3.07. The number of amides is 2. The minimum Gasteiger partial charge on any atom is -0.507 e. The number of nitrogens with zero attached hydrogens (tertiary/aromatic N) is 4. The Hall–Kier alpha value is -6.42. The molecule has 1 unspecified atom stereocenters. The highest BCUT2D eigenvalue weighted by Gasteiger charge is 2.26. The number of carbonyl (C=O) groups excluding carboxylic acids is 3. The number of benzene rings is 4. The molecule has 53 heavy (non-hydrogen) atoms. The molecule has 6 N–H and O–H groups in total. The van der Waals surface area contributed by atoms with Crippen molar-refractivity contribution in [3.63, 3.8) is 0 Å². The number of anilines is 2. The molecule has 0 bridgehead atoms. The van der Waals surface area contributed by atoms with Crippen molar-refractivity contribution in [1.29, 1.82) is 0 Å². The number of aryl methyl sites for hydroxylation is 1. The Labute approximate surface area is 300 Å². The summed E-state index contributed by atoms with van der Waals surface area (Å²) in [5.41, 5.74) is -0.538. The number of carboxylic acid groups (broad SMARTS) is 1. The van der Waals surface area contributed by atoms with E-state index < -0.39 is 71.1 Å². The minimum atomic E-state index is -5.01.